The number of para-hydroxylation sites is 1. The summed E-state index contributed by atoms with van der Waals surface area (Å²) in [7, 11) is 1.54. The van der Waals surface area contributed by atoms with Crippen LogP contribution in [0.15, 0.2) is 67.0 Å². The molecule has 1 aliphatic carbocycles. The fourth-order valence-corrected chi connectivity index (χ4v) is 4.16. The maximum absolute atomic E-state index is 12.6. The molecule has 172 valence electrons. The second-order valence-electron chi connectivity index (χ2n) is 8.09. The maximum Gasteiger partial charge on any atom is 0.255 e. The molecule has 2 aromatic heterocycles. The predicted molar refractivity (Wildman–Crippen MR) is 128 cm³/mol. The molecule has 1 amide bonds. The van der Waals surface area contributed by atoms with E-state index in [1.54, 1.807) is 36.1 Å². The van der Waals surface area contributed by atoms with Crippen LogP contribution in [0, 0.1) is 0 Å². The second-order valence-corrected chi connectivity index (χ2v) is 8.09. The maximum atomic E-state index is 12.6. The third-order valence-corrected chi connectivity index (χ3v) is 5.90. The normalized spacial score (nSPS) is 17.2. The molecule has 0 saturated heterocycles. The third-order valence-electron chi connectivity index (χ3n) is 5.90. The van der Waals surface area contributed by atoms with Crippen LogP contribution >= 0.6 is 0 Å². The van der Waals surface area contributed by atoms with Crippen LogP contribution in [0.5, 0.6) is 5.75 Å². The number of allylic oxidation sites excluding steroid dienone is 1. The van der Waals surface area contributed by atoms with E-state index in [4.69, 9.17) is 15.6 Å². The number of aliphatic hydroxyl groups excluding tert-OH is 1. The molecule has 0 saturated carbocycles. The minimum atomic E-state index is -0.503. The predicted octanol–water partition coefficient (Wildman–Crippen LogP) is 2.88. The molecule has 2 heterocycles. The zero-order valence-corrected chi connectivity index (χ0v) is 18.5. The van der Waals surface area contributed by atoms with E-state index >= 15 is 0 Å². The zero-order chi connectivity index (χ0) is 23.7. The Labute approximate surface area is 195 Å². The van der Waals surface area contributed by atoms with Gasteiger partial charge in [0.1, 0.15) is 23.6 Å². The van der Waals surface area contributed by atoms with Gasteiger partial charge in [-0.15, -0.1) is 0 Å². The molecule has 2 atom stereocenters. The SMILES string of the molecule is COc1ccccc1C(=O)NCc1ccc(-c2nn([C@H]3C=CC(O)C3)c3ncnc(N)c23)cc1. The fourth-order valence-electron chi connectivity index (χ4n) is 4.16. The van der Waals surface area contributed by atoms with Gasteiger partial charge in [-0.1, -0.05) is 48.6 Å². The van der Waals surface area contributed by atoms with Crippen LogP contribution in [0.2, 0.25) is 0 Å². The monoisotopic (exact) mass is 456 g/mol. The average Bonchev–Trinajstić information content (AvgIpc) is 3.47. The number of hydrogen-bond acceptors (Lipinski definition) is 7. The average molecular weight is 457 g/mol. The molecule has 4 N–H and O–H groups in total. The molecular weight excluding hydrogens is 432 g/mol. The van der Waals surface area contributed by atoms with E-state index in [9.17, 15) is 9.90 Å². The van der Waals surface area contributed by atoms with Gasteiger partial charge in [-0.25, -0.2) is 14.6 Å². The van der Waals surface area contributed by atoms with E-state index in [2.05, 4.69) is 15.3 Å². The molecule has 5 rings (SSSR count). The number of aliphatic hydroxyl groups is 1. The first-order valence-electron chi connectivity index (χ1n) is 10.9. The van der Waals surface area contributed by atoms with Gasteiger partial charge in [0.25, 0.3) is 5.91 Å². The van der Waals surface area contributed by atoms with Gasteiger partial charge in [0.05, 0.1) is 30.2 Å². The molecule has 1 aliphatic rings. The fraction of sp³-hybridized carbons (Fsp3) is 0.200. The summed E-state index contributed by atoms with van der Waals surface area (Å²) in [6.07, 6.45) is 5.13. The number of anilines is 1. The van der Waals surface area contributed by atoms with Gasteiger partial charge < -0.3 is 20.9 Å². The Kier molecular flexibility index (Phi) is 5.69. The lowest BCUT2D eigenvalue weighted by molar-refractivity contribution is 0.0948. The lowest BCUT2D eigenvalue weighted by atomic mass is 10.1. The molecule has 0 bridgehead atoms. The first-order chi connectivity index (χ1) is 16.5. The number of ether oxygens (including phenoxy) is 1. The molecule has 1 unspecified atom stereocenters. The molecule has 0 fully saturated rings. The van der Waals surface area contributed by atoms with Gasteiger partial charge in [-0.3, -0.25) is 4.79 Å². The molecule has 0 spiro atoms. The minimum Gasteiger partial charge on any atom is -0.496 e. The number of carbonyl (C=O) groups is 1. The Morgan fingerprint density at radius 3 is 2.71 bits per heavy atom. The summed E-state index contributed by atoms with van der Waals surface area (Å²) >= 11 is 0. The molecule has 0 aliphatic heterocycles. The quantitative estimate of drug-likeness (QED) is 0.381. The Morgan fingerprint density at radius 1 is 1.18 bits per heavy atom. The van der Waals surface area contributed by atoms with E-state index < -0.39 is 6.10 Å². The molecule has 0 radical (unpaired) electrons. The number of nitrogens with two attached hydrogens (primary N) is 1. The Hall–Kier alpha value is -4.24. The summed E-state index contributed by atoms with van der Waals surface area (Å²) in [5.74, 6) is 0.673. The molecule has 2 aromatic carbocycles. The molecular formula is C25H24N6O3. The molecule has 4 aromatic rings. The van der Waals surface area contributed by atoms with Crippen molar-refractivity contribution in [2.45, 2.75) is 25.1 Å². The van der Waals surface area contributed by atoms with E-state index in [0.29, 0.717) is 46.8 Å². The van der Waals surface area contributed by atoms with E-state index in [-0.39, 0.29) is 11.9 Å². The number of amides is 1. The highest BCUT2D eigenvalue weighted by Crippen LogP contribution is 2.34. The van der Waals surface area contributed by atoms with Crippen LogP contribution in [0.3, 0.4) is 0 Å². The number of nitrogens with one attached hydrogen (secondary N) is 1. The van der Waals surface area contributed by atoms with E-state index in [0.717, 1.165) is 11.1 Å². The summed E-state index contributed by atoms with van der Waals surface area (Å²) in [5.41, 5.74) is 9.76. The Balaban J connectivity index is 1.39. The Morgan fingerprint density at radius 2 is 1.97 bits per heavy atom. The standard InChI is InChI=1S/C25H24N6O3/c1-34-20-5-3-2-4-19(20)25(33)27-13-15-6-8-16(9-7-15)22-21-23(26)28-14-29-24(21)31(30-22)17-10-11-18(32)12-17/h2-11,14,17-18,32H,12-13H2,1H3,(H,27,33)(H2,26,28,29)/t17-,18?/m0/s1. The number of methoxy groups -OCH3 is 1. The summed E-state index contributed by atoms with van der Waals surface area (Å²) in [5, 5.41) is 18.3. The third kappa shape index (κ3) is 3.97. The molecule has 9 heteroatoms. The lowest BCUT2D eigenvalue weighted by Crippen LogP contribution is -2.23. The van der Waals surface area contributed by atoms with E-state index in [1.165, 1.54) is 6.33 Å². The number of rotatable bonds is 6. The summed E-state index contributed by atoms with van der Waals surface area (Å²) in [4.78, 5) is 21.1. The smallest absolute Gasteiger partial charge is 0.255 e. The number of carbonyl (C=O) groups excluding carboxylic acids is 1. The van der Waals surface area contributed by atoms with Gasteiger partial charge in [-0.05, 0) is 17.7 Å². The molecule has 34 heavy (non-hydrogen) atoms. The van der Waals surface area contributed by atoms with Crippen molar-refractivity contribution in [1.82, 2.24) is 25.1 Å². The van der Waals surface area contributed by atoms with Crippen LogP contribution in [0.25, 0.3) is 22.3 Å². The van der Waals surface area contributed by atoms with Gasteiger partial charge in [0.15, 0.2) is 5.65 Å². The first kappa shape index (κ1) is 21.6. The highest BCUT2D eigenvalue weighted by molar-refractivity contribution is 5.98. The van der Waals surface area contributed by atoms with Gasteiger partial charge in [-0.2, -0.15) is 5.10 Å². The zero-order valence-electron chi connectivity index (χ0n) is 18.5. The van der Waals surface area contributed by atoms with Crippen molar-refractivity contribution in [3.8, 4) is 17.0 Å². The van der Waals surface area contributed by atoms with Crippen molar-refractivity contribution in [3.63, 3.8) is 0 Å². The number of hydrogen-bond donors (Lipinski definition) is 3. The van der Waals surface area contributed by atoms with E-state index in [1.807, 2.05) is 36.4 Å². The van der Waals surface area contributed by atoms with Crippen molar-refractivity contribution >= 4 is 22.8 Å². The lowest BCUT2D eigenvalue weighted by Gasteiger charge is -2.10. The van der Waals surface area contributed by atoms with Gasteiger partial charge in [0, 0.05) is 18.5 Å². The van der Waals surface area contributed by atoms with Crippen molar-refractivity contribution in [2.24, 2.45) is 0 Å². The number of nitrogen functional groups attached to an aromatic ring is 1. The van der Waals surface area contributed by atoms with Crippen LogP contribution in [0.4, 0.5) is 5.82 Å². The first-order valence-corrected chi connectivity index (χ1v) is 10.9. The molecule has 9 nitrogen and oxygen atoms in total. The van der Waals surface area contributed by atoms with Crippen LogP contribution < -0.4 is 15.8 Å². The van der Waals surface area contributed by atoms with Gasteiger partial charge >= 0.3 is 0 Å². The van der Waals surface area contributed by atoms with Crippen molar-refractivity contribution < 1.29 is 14.6 Å². The summed E-state index contributed by atoms with van der Waals surface area (Å²) < 4.78 is 7.05. The largest absolute Gasteiger partial charge is 0.496 e. The topological polar surface area (TPSA) is 128 Å². The van der Waals surface area contributed by atoms with Crippen LogP contribution in [-0.4, -0.2) is 44.0 Å². The number of aromatic nitrogens is 4. The summed E-state index contributed by atoms with van der Waals surface area (Å²) in [6.45, 7) is 0.363. The minimum absolute atomic E-state index is 0.106. The van der Waals surface area contributed by atoms with Crippen LogP contribution in [0.1, 0.15) is 28.4 Å². The number of fused-ring (bicyclic) bond motifs is 1. The number of benzene rings is 2. The van der Waals surface area contributed by atoms with Crippen molar-refractivity contribution in [1.29, 1.82) is 0 Å². The van der Waals surface area contributed by atoms with Crippen molar-refractivity contribution in [2.75, 3.05) is 12.8 Å². The Bertz CT molecular complexity index is 1380. The van der Waals surface area contributed by atoms with Crippen LogP contribution in [-0.2, 0) is 6.54 Å². The highest BCUT2D eigenvalue weighted by atomic mass is 16.5. The van der Waals surface area contributed by atoms with Gasteiger partial charge in [0.2, 0.25) is 0 Å². The number of nitrogens with zero attached hydrogens (tertiary/aromatic N) is 4. The highest BCUT2D eigenvalue weighted by Gasteiger charge is 2.25. The second kappa shape index (κ2) is 8.95. The summed E-state index contributed by atoms with van der Waals surface area (Å²) in [6, 6.07) is 14.7. The van der Waals surface area contributed by atoms with Crippen molar-refractivity contribution in [3.05, 3.63) is 78.1 Å².